The third-order valence-corrected chi connectivity index (χ3v) is 12.0. The summed E-state index contributed by atoms with van der Waals surface area (Å²) in [6.45, 7) is 4.70. The van der Waals surface area contributed by atoms with Crippen molar-refractivity contribution in [1.29, 1.82) is 0 Å². The molecule has 1 aromatic heterocycles. The topological polar surface area (TPSA) is 3.24 Å². The van der Waals surface area contributed by atoms with E-state index in [0.717, 1.165) is 0 Å². The molecule has 0 bridgehead atoms. The molecule has 204 valence electrons. The number of hydrogen-bond donors (Lipinski definition) is 0. The van der Waals surface area contributed by atoms with E-state index in [4.69, 9.17) is 0 Å². The Morgan fingerprint density at radius 2 is 1.21 bits per heavy atom. The molecule has 2 heteroatoms. The minimum absolute atomic E-state index is 0.0185. The van der Waals surface area contributed by atoms with E-state index in [1.54, 1.807) is 0 Å². The van der Waals surface area contributed by atoms with Crippen LogP contribution < -0.4 is 4.90 Å². The molecule has 0 aliphatic heterocycles. The van der Waals surface area contributed by atoms with Crippen LogP contribution in [-0.4, -0.2) is 14.5 Å². The zero-order chi connectivity index (χ0) is 28.7. The Morgan fingerprint density at radius 3 is 2.09 bits per heavy atom. The van der Waals surface area contributed by atoms with Crippen LogP contribution in [0.25, 0.3) is 52.0 Å². The second-order valence-corrected chi connectivity index (χ2v) is 14.4. The van der Waals surface area contributed by atoms with Crippen molar-refractivity contribution in [3.8, 4) is 11.1 Å². The van der Waals surface area contributed by atoms with Crippen LogP contribution in [0.2, 0.25) is 0 Å². The van der Waals surface area contributed by atoms with Crippen LogP contribution >= 0.6 is 0 Å². The minimum atomic E-state index is -0.0185. The molecule has 9 rings (SSSR count). The van der Waals surface area contributed by atoms with Crippen molar-refractivity contribution >= 4 is 72.4 Å². The van der Waals surface area contributed by atoms with Crippen molar-refractivity contribution < 1.29 is 0 Å². The van der Waals surface area contributed by atoms with Crippen LogP contribution in [0.3, 0.4) is 0 Å². The maximum atomic E-state index is 2.48. The molecular formula is C41H29NSe. The van der Waals surface area contributed by atoms with Crippen molar-refractivity contribution in [2.45, 2.75) is 19.3 Å². The number of fused-ring (bicyclic) bond motifs is 10. The summed E-state index contributed by atoms with van der Waals surface area (Å²) in [6, 6.07) is 51.9. The summed E-state index contributed by atoms with van der Waals surface area (Å²) in [7, 11) is 0. The van der Waals surface area contributed by atoms with E-state index >= 15 is 0 Å². The van der Waals surface area contributed by atoms with Gasteiger partial charge in [-0.05, 0) is 0 Å². The fraction of sp³-hybridized carbons (Fsp3) is 0.0732. The molecule has 0 saturated carbocycles. The molecule has 7 aromatic carbocycles. The summed E-state index contributed by atoms with van der Waals surface area (Å²) in [4.78, 5) is 2.48. The van der Waals surface area contributed by atoms with Crippen LogP contribution in [0.1, 0.15) is 25.0 Å². The Labute approximate surface area is 257 Å². The number of anilines is 3. The first-order chi connectivity index (χ1) is 21.1. The van der Waals surface area contributed by atoms with E-state index in [2.05, 4.69) is 158 Å². The molecule has 0 unspecified atom stereocenters. The molecular weight excluding hydrogens is 585 g/mol. The van der Waals surface area contributed by atoms with Gasteiger partial charge in [-0.1, -0.05) is 0 Å². The average molecular weight is 615 g/mol. The molecule has 1 aliphatic rings. The number of rotatable bonds is 3. The fourth-order valence-electron chi connectivity index (χ4n) is 7.38. The van der Waals surface area contributed by atoms with Crippen LogP contribution in [0.15, 0.2) is 140 Å². The van der Waals surface area contributed by atoms with Gasteiger partial charge in [0.25, 0.3) is 0 Å². The molecule has 0 spiro atoms. The quantitative estimate of drug-likeness (QED) is 0.141. The molecule has 1 heterocycles. The summed E-state index contributed by atoms with van der Waals surface area (Å²) >= 11 is 0.257. The Hall–Kier alpha value is -4.62. The van der Waals surface area contributed by atoms with Gasteiger partial charge in [-0.25, -0.2) is 0 Å². The van der Waals surface area contributed by atoms with Gasteiger partial charge in [-0.15, -0.1) is 0 Å². The molecule has 1 nitrogen and oxygen atoms in total. The molecule has 0 saturated heterocycles. The van der Waals surface area contributed by atoms with E-state index < -0.39 is 0 Å². The Bertz CT molecular complexity index is 2380. The van der Waals surface area contributed by atoms with Crippen molar-refractivity contribution in [1.82, 2.24) is 0 Å². The van der Waals surface area contributed by atoms with Gasteiger partial charge >= 0.3 is 258 Å². The van der Waals surface area contributed by atoms with Gasteiger partial charge in [0.2, 0.25) is 0 Å². The third kappa shape index (κ3) is 3.58. The summed E-state index contributed by atoms with van der Waals surface area (Å²) in [5.41, 5.74) is 9.04. The van der Waals surface area contributed by atoms with E-state index in [9.17, 15) is 0 Å². The zero-order valence-corrected chi connectivity index (χ0v) is 25.8. The van der Waals surface area contributed by atoms with Crippen molar-refractivity contribution in [3.63, 3.8) is 0 Å². The Morgan fingerprint density at radius 1 is 0.512 bits per heavy atom. The van der Waals surface area contributed by atoms with Crippen LogP contribution in [0, 0.1) is 0 Å². The molecule has 0 atom stereocenters. The average Bonchev–Trinajstić information content (AvgIpc) is 3.54. The fourth-order valence-corrected chi connectivity index (χ4v) is 10.0. The van der Waals surface area contributed by atoms with Crippen molar-refractivity contribution in [2.75, 3.05) is 4.90 Å². The maximum absolute atomic E-state index is 2.48. The first-order valence-corrected chi connectivity index (χ1v) is 16.7. The van der Waals surface area contributed by atoms with Gasteiger partial charge in [0.15, 0.2) is 0 Å². The standard InChI is InChI=1S/C41H29NSe/c1-41(2)35-18-10-8-16-30(35)34-25-28(20-23-36(34)41)42(27-13-4-3-5-14-27)37-24-26-12-6-7-15-29(26)39-33(37)22-21-32-31-17-9-11-19-38(31)43-40(32)39/h3-25H,1-2H3. The number of benzene rings is 7. The Balaban J connectivity index is 1.38. The van der Waals surface area contributed by atoms with E-state index in [1.807, 2.05) is 0 Å². The second kappa shape index (κ2) is 9.19. The summed E-state index contributed by atoms with van der Waals surface area (Å²) in [5.74, 6) is 0. The van der Waals surface area contributed by atoms with Gasteiger partial charge in [0.05, 0.1) is 0 Å². The molecule has 0 fully saturated rings. The van der Waals surface area contributed by atoms with Crippen molar-refractivity contribution in [2.24, 2.45) is 0 Å². The SMILES string of the molecule is CC1(C)c2ccccc2-c2cc(N(c3ccccc3)c3cc4ccccc4c4c3ccc3c5ccccc5[se]c34)ccc21. The van der Waals surface area contributed by atoms with Gasteiger partial charge in [-0.2, -0.15) is 0 Å². The molecule has 0 amide bonds. The van der Waals surface area contributed by atoms with E-state index in [0.29, 0.717) is 0 Å². The first kappa shape index (κ1) is 24.9. The van der Waals surface area contributed by atoms with Gasteiger partial charge in [0, 0.05) is 0 Å². The normalized spacial score (nSPS) is 13.5. The second-order valence-electron chi connectivity index (χ2n) is 12.2. The summed E-state index contributed by atoms with van der Waals surface area (Å²) in [5, 5.41) is 8.11. The number of hydrogen-bond acceptors (Lipinski definition) is 1. The number of para-hydroxylation sites is 1. The molecule has 8 aromatic rings. The predicted octanol–water partition coefficient (Wildman–Crippen LogP) is 11.1. The van der Waals surface area contributed by atoms with E-state index in [-0.39, 0.29) is 19.9 Å². The molecule has 43 heavy (non-hydrogen) atoms. The molecule has 1 aliphatic carbocycles. The van der Waals surface area contributed by atoms with Crippen LogP contribution in [-0.2, 0) is 5.41 Å². The van der Waals surface area contributed by atoms with Gasteiger partial charge in [0.1, 0.15) is 0 Å². The summed E-state index contributed by atoms with van der Waals surface area (Å²) in [6.07, 6.45) is 0. The third-order valence-electron chi connectivity index (χ3n) is 9.43. The van der Waals surface area contributed by atoms with Crippen molar-refractivity contribution in [3.05, 3.63) is 151 Å². The first-order valence-electron chi connectivity index (χ1n) is 14.9. The number of nitrogens with zero attached hydrogens (tertiary/aromatic N) is 1. The van der Waals surface area contributed by atoms with E-state index in [1.165, 1.54) is 80.2 Å². The van der Waals surface area contributed by atoms with Crippen LogP contribution in [0.4, 0.5) is 17.1 Å². The molecule has 0 radical (unpaired) electrons. The van der Waals surface area contributed by atoms with Crippen LogP contribution in [0.5, 0.6) is 0 Å². The van der Waals surface area contributed by atoms with Gasteiger partial charge in [-0.3, -0.25) is 0 Å². The predicted molar refractivity (Wildman–Crippen MR) is 186 cm³/mol. The zero-order valence-electron chi connectivity index (χ0n) is 24.1. The Kier molecular flexibility index (Phi) is 5.33. The summed E-state index contributed by atoms with van der Waals surface area (Å²) < 4.78 is 2.98. The van der Waals surface area contributed by atoms with Gasteiger partial charge < -0.3 is 0 Å². The monoisotopic (exact) mass is 615 g/mol. The molecule has 0 N–H and O–H groups in total.